The van der Waals surface area contributed by atoms with Crippen LogP contribution >= 0.6 is 11.3 Å². The molecule has 7 heteroatoms. The van der Waals surface area contributed by atoms with Crippen LogP contribution in [0.25, 0.3) is 22.6 Å². The van der Waals surface area contributed by atoms with Crippen molar-refractivity contribution in [1.29, 1.82) is 0 Å². The number of aromatic nitrogens is 3. The predicted octanol–water partition coefficient (Wildman–Crippen LogP) is 5.56. The lowest BCUT2D eigenvalue weighted by Crippen LogP contribution is -2.24. The van der Waals surface area contributed by atoms with Gasteiger partial charge in [0.1, 0.15) is 0 Å². The first-order chi connectivity index (χ1) is 15.5. The summed E-state index contributed by atoms with van der Waals surface area (Å²) >= 11 is 1.67. The van der Waals surface area contributed by atoms with E-state index in [4.69, 9.17) is 4.52 Å². The molecule has 1 aliphatic heterocycles. The van der Waals surface area contributed by atoms with Gasteiger partial charge in [-0.3, -0.25) is 4.79 Å². The van der Waals surface area contributed by atoms with Crippen molar-refractivity contribution in [1.82, 2.24) is 15.1 Å². The lowest BCUT2D eigenvalue weighted by molar-refractivity contribution is -0.117. The Kier molecular flexibility index (Phi) is 5.35. The molecule has 2 aromatic carbocycles. The summed E-state index contributed by atoms with van der Waals surface area (Å²) in [5.41, 5.74) is 6.17. The van der Waals surface area contributed by atoms with E-state index < -0.39 is 0 Å². The molecule has 0 saturated carbocycles. The van der Waals surface area contributed by atoms with Crippen LogP contribution in [-0.4, -0.2) is 27.6 Å². The van der Waals surface area contributed by atoms with Gasteiger partial charge in [0, 0.05) is 35.2 Å². The SMILES string of the molecule is CCc1nc(-c2cccc(-c3noc([C@@H]4CC(=O)N(c5ccc(C)c(C)c5)C4)n3)c2)cs1. The van der Waals surface area contributed by atoms with E-state index in [1.54, 1.807) is 11.3 Å². The van der Waals surface area contributed by atoms with Crippen LogP contribution in [0.1, 0.15) is 41.3 Å². The van der Waals surface area contributed by atoms with E-state index in [0.29, 0.717) is 24.7 Å². The molecule has 5 rings (SSSR count). The van der Waals surface area contributed by atoms with Gasteiger partial charge >= 0.3 is 0 Å². The molecule has 0 aliphatic carbocycles. The minimum atomic E-state index is -0.112. The molecule has 0 bridgehead atoms. The van der Waals surface area contributed by atoms with Gasteiger partial charge in [0.25, 0.3) is 0 Å². The van der Waals surface area contributed by atoms with Gasteiger partial charge in [0.05, 0.1) is 16.6 Å². The van der Waals surface area contributed by atoms with Crippen molar-refractivity contribution >= 4 is 22.9 Å². The number of carbonyl (C=O) groups excluding carboxylic acids is 1. The zero-order chi connectivity index (χ0) is 22.2. The van der Waals surface area contributed by atoms with Gasteiger partial charge in [0.2, 0.25) is 17.6 Å². The summed E-state index contributed by atoms with van der Waals surface area (Å²) < 4.78 is 5.59. The molecule has 6 nitrogen and oxygen atoms in total. The van der Waals surface area contributed by atoms with E-state index in [2.05, 4.69) is 53.4 Å². The van der Waals surface area contributed by atoms with Crippen molar-refractivity contribution in [2.24, 2.45) is 0 Å². The minimum absolute atomic E-state index is 0.0789. The fourth-order valence-electron chi connectivity index (χ4n) is 3.96. The third kappa shape index (κ3) is 3.84. The number of carbonyl (C=O) groups is 1. The van der Waals surface area contributed by atoms with Crippen LogP contribution in [0.3, 0.4) is 0 Å². The van der Waals surface area contributed by atoms with Crippen LogP contribution < -0.4 is 4.90 Å². The number of thiazole rings is 1. The first-order valence-corrected chi connectivity index (χ1v) is 11.7. The highest BCUT2D eigenvalue weighted by Crippen LogP contribution is 2.33. The Labute approximate surface area is 190 Å². The van der Waals surface area contributed by atoms with E-state index in [1.165, 1.54) is 11.1 Å². The van der Waals surface area contributed by atoms with Crippen molar-refractivity contribution in [3.05, 3.63) is 69.9 Å². The maximum atomic E-state index is 12.7. The number of aryl methyl sites for hydroxylation is 3. The number of hydrogen-bond acceptors (Lipinski definition) is 6. The van der Waals surface area contributed by atoms with E-state index in [9.17, 15) is 4.79 Å². The summed E-state index contributed by atoms with van der Waals surface area (Å²) in [4.78, 5) is 23.8. The van der Waals surface area contributed by atoms with E-state index in [0.717, 1.165) is 33.9 Å². The highest BCUT2D eigenvalue weighted by molar-refractivity contribution is 7.09. The molecule has 3 heterocycles. The Balaban J connectivity index is 1.37. The lowest BCUT2D eigenvalue weighted by Gasteiger charge is -2.17. The van der Waals surface area contributed by atoms with Gasteiger partial charge in [-0.25, -0.2) is 4.98 Å². The first-order valence-electron chi connectivity index (χ1n) is 10.8. The minimum Gasteiger partial charge on any atom is -0.339 e. The Morgan fingerprint density at radius 1 is 1.09 bits per heavy atom. The molecule has 4 aromatic rings. The van der Waals surface area contributed by atoms with Crippen LogP contribution in [0.15, 0.2) is 52.4 Å². The van der Waals surface area contributed by atoms with Crippen LogP contribution in [0.2, 0.25) is 0 Å². The number of benzene rings is 2. The van der Waals surface area contributed by atoms with Crippen molar-refractivity contribution in [3.63, 3.8) is 0 Å². The molecule has 1 amide bonds. The molecule has 32 heavy (non-hydrogen) atoms. The monoisotopic (exact) mass is 444 g/mol. The number of hydrogen-bond donors (Lipinski definition) is 0. The highest BCUT2D eigenvalue weighted by atomic mass is 32.1. The average molecular weight is 445 g/mol. The van der Waals surface area contributed by atoms with Crippen molar-refractivity contribution in [2.75, 3.05) is 11.4 Å². The summed E-state index contributed by atoms with van der Waals surface area (Å²) in [5, 5.41) is 7.39. The average Bonchev–Trinajstić information content (AvgIpc) is 3.55. The molecule has 1 atom stereocenters. The van der Waals surface area contributed by atoms with Crippen molar-refractivity contribution in [3.8, 4) is 22.6 Å². The molecule has 1 saturated heterocycles. The second kappa shape index (κ2) is 8.31. The largest absolute Gasteiger partial charge is 0.339 e. The van der Waals surface area contributed by atoms with Crippen LogP contribution in [0.4, 0.5) is 5.69 Å². The molecule has 1 fully saturated rings. The summed E-state index contributed by atoms with van der Waals surface area (Å²) in [6.07, 6.45) is 1.30. The number of nitrogens with zero attached hydrogens (tertiary/aromatic N) is 4. The van der Waals surface area contributed by atoms with E-state index in [-0.39, 0.29) is 11.8 Å². The summed E-state index contributed by atoms with van der Waals surface area (Å²) in [5.74, 6) is 1.01. The van der Waals surface area contributed by atoms with Crippen molar-refractivity contribution < 1.29 is 9.32 Å². The van der Waals surface area contributed by atoms with Gasteiger partial charge in [-0.2, -0.15) is 4.98 Å². The molecule has 2 aromatic heterocycles. The fraction of sp³-hybridized carbons (Fsp3) is 0.280. The Bertz CT molecular complexity index is 1290. The van der Waals surface area contributed by atoms with E-state index >= 15 is 0 Å². The molecule has 1 aliphatic rings. The second-order valence-corrected chi connectivity index (χ2v) is 9.13. The topological polar surface area (TPSA) is 72.1 Å². The van der Waals surface area contributed by atoms with Crippen LogP contribution in [0.5, 0.6) is 0 Å². The Morgan fingerprint density at radius 3 is 2.72 bits per heavy atom. The van der Waals surface area contributed by atoms with Gasteiger partial charge in [0.15, 0.2) is 0 Å². The van der Waals surface area contributed by atoms with Gasteiger partial charge in [-0.05, 0) is 49.6 Å². The molecule has 162 valence electrons. The Morgan fingerprint density at radius 2 is 1.94 bits per heavy atom. The maximum Gasteiger partial charge on any atom is 0.232 e. The molecule has 0 unspecified atom stereocenters. The summed E-state index contributed by atoms with van der Waals surface area (Å²) in [7, 11) is 0. The zero-order valence-corrected chi connectivity index (χ0v) is 19.1. The molecule has 0 spiro atoms. The fourth-order valence-corrected chi connectivity index (χ4v) is 4.71. The van der Waals surface area contributed by atoms with Gasteiger partial charge in [-0.1, -0.05) is 36.3 Å². The third-order valence-electron chi connectivity index (χ3n) is 5.99. The number of amides is 1. The predicted molar refractivity (Wildman–Crippen MR) is 126 cm³/mol. The molecule has 0 radical (unpaired) electrons. The normalized spacial score (nSPS) is 16.2. The van der Waals surface area contributed by atoms with Gasteiger partial charge in [-0.15, -0.1) is 11.3 Å². The second-order valence-electron chi connectivity index (χ2n) is 8.19. The highest BCUT2D eigenvalue weighted by Gasteiger charge is 2.35. The zero-order valence-electron chi connectivity index (χ0n) is 18.3. The first kappa shape index (κ1) is 20.6. The third-order valence-corrected chi connectivity index (χ3v) is 6.98. The van der Waals surface area contributed by atoms with Gasteiger partial charge < -0.3 is 9.42 Å². The Hall–Kier alpha value is -3.32. The molecule has 0 N–H and O–H groups in total. The number of anilines is 1. The van der Waals surface area contributed by atoms with Crippen molar-refractivity contribution in [2.45, 2.75) is 39.5 Å². The molecular weight excluding hydrogens is 420 g/mol. The molecular formula is C25H24N4O2S. The quantitative estimate of drug-likeness (QED) is 0.403. The summed E-state index contributed by atoms with van der Waals surface area (Å²) in [6, 6.07) is 14.1. The van der Waals surface area contributed by atoms with E-state index in [1.807, 2.05) is 35.2 Å². The standard InChI is InChI=1S/C25H24N4O2S/c1-4-22-26-21(14-32-22)17-6-5-7-18(11-17)24-27-25(31-28-24)19-12-23(30)29(13-19)20-9-8-15(2)16(3)10-20/h5-11,14,19H,4,12-13H2,1-3H3/t19-/m1/s1. The summed E-state index contributed by atoms with van der Waals surface area (Å²) in [6.45, 7) is 6.78. The lowest BCUT2D eigenvalue weighted by atomic mass is 10.1. The van der Waals surface area contributed by atoms with Crippen LogP contribution in [0, 0.1) is 13.8 Å². The smallest absolute Gasteiger partial charge is 0.232 e. The van der Waals surface area contributed by atoms with Crippen LogP contribution in [-0.2, 0) is 11.2 Å². The maximum absolute atomic E-state index is 12.7. The number of rotatable bonds is 5.